The SMILES string of the molecule is Cc1ccc(C(N)=S)c(NCC2CN(C)CCO2)c1. The second kappa shape index (κ2) is 6.32. The maximum absolute atomic E-state index is 5.75. The number of nitrogens with two attached hydrogens (primary N) is 1. The van der Waals surface area contributed by atoms with Crippen molar-refractivity contribution in [3.63, 3.8) is 0 Å². The number of ether oxygens (including phenoxy) is 1. The molecule has 1 heterocycles. The van der Waals surface area contributed by atoms with E-state index in [1.807, 2.05) is 12.1 Å². The highest BCUT2D eigenvalue weighted by molar-refractivity contribution is 7.80. The number of thiocarbonyl (C=S) groups is 1. The zero-order chi connectivity index (χ0) is 13.8. The molecular weight excluding hydrogens is 258 g/mol. The van der Waals surface area contributed by atoms with Crippen molar-refractivity contribution in [3.05, 3.63) is 29.3 Å². The highest BCUT2D eigenvalue weighted by atomic mass is 32.1. The van der Waals surface area contributed by atoms with Crippen LogP contribution in [0.2, 0.25) is 0 Å². The van der Waals surface area contributed by atoms with Crippen molar-refractivity contribution in [2.24, 2.45) is 5.73 Å². The summed E-state index contributed by atoms with van der Waals surface area (Å²) in [5, 5.41) is 3.41. The molecule has 0 bridgehead atoms. The van der Waals surface area contributed by atoms with Crippen molar-refractivity contribution >= 4 is 22.9 Å². The molecule has 5 heteroatoms. The number of hydrogen-bond donors (Lipinski definition) is 2. The van der Waals surface area contributed by atoms with Crippen LogP contribution < -0.4 is 11.1 Å². The van der Waals surface area contributed by atoms with E-state index in [9.17, 15) is 0 Å². The first-order valence-electron chi connectivity index (χ1n) is 6.50. The van der Waals surface area contributed by atoms with Crippen LogP contribution in [-0.2, 0) is 4.74 Å². The molecule has 1 aliphatic rings. The van der Waals surface area contributed by atoms with Gasteiger partial charge < -0.3 is 20.7 Å². The van der Waals surface area contributed by atoms with Crippen LogP contribution in [0.4, 0.5) is 5.69 Å². The van der Waals surface area contributed by atoms with Crippen LogP contribution in [0.1, 0.15) is 11.1 Å². The lowest BCUT2D eigenvalue weighted by molar-refractivity contribution is -0.0117. The fourth-order valence-electron chi connectivity index (χ4n) is 2.23. The van der Waals surface area contributed by atoms with Gasteiger partial charge in [-0.25, -0.2) is 0 Å². The van der Waals surface area contributed by atoms with E-state index in [-0.39, 0.29) is 6.10 Å². The number of rotatable bonds is 4. The first-order valence-corrected chi connectivity index (χ1v) is 6.91. The lowest BCUT2D eigenvalue weighted by atomic mass is 10.1. The summed E-state index contributed by atoms with van der Waals surface area (Å²) in [6.07, 6.45) is 0.207. The maximum atomic E-state index is 5.75. The molecule has 0 radical (unpaired) electrons. The average Bonchev–Trinajstić information content (AvgIpc) is 2.36. The van der Waals surface area contributed by atoms with Crippen LogP contribution in [0.5, 0.6) is 0 Å². The summed E-state index contributed by atoms with van der Waals surface area (Å²) in [7, 11) is 2.11. The molecule has 1 aromatic carbocycles. The Kier molecular flexibility index (Phi) is 4.74. The van der Waals surface area contributed by atoms with E-state index in [1.165, 1.54) is 5.56 Å². The number of morpholine rings is 1. The summed E-state index contributed by atoms with van der Waals surface area (Å²) < 4.78 is 5.73. The molecule has 0 aliphatic carbocycles. The van der Waals surface area contributed by atoms with Crippen LogP contribution in [0.3, 0.4) is 0 Å². The van der Waals surface area contributed by atoms with E-state index < -0.39 is 0 Å². The Hall–Kier alpha value is -1.17. The summed E-state index contributed by atoms with van der Waals surface area (Å²) in [4.78, 5) is 2.70. The topological polar surface area (TPSA) is 50.5 Å². The molecule has 104 valence electrons. The summed E-state index contributed by atoms with van der Waals surface area (Å²) in [6.45, 7) is 5.56. The predicted molar refractivity (Wildman–Crippen MR) is 82.8 cm³/mol. The average molecular weight is 279 g/mol. The number of likely N-dealkylation sites (N-methyl/N-ethyl adjacent to an activating group) is 1. The van der Waals surface area contributed by atoms with E-state index in [1.54, 1.807) is 0 Å². The van der Waals surface area contributed by atoms with Gasteiger partial charge >= 0.3 is 0 Å². The Morgan fingerprint density at radius 1 is 1.58 bits per heavy atom. The van der Waals surface area contributed by atoms with Crippen molar-refractivity contribution in [3.8, 4) is 0 Å². The minimum absolute atomic E-state index is 0.207. The van der Waals surface area contributed by atoms with Gasteiger partial charge in [-0.1, -0.05) is 18.3 Å². The molecule has 0 spiro atoms. The molecule has 2 rings (SSSR count). The Balaban J connectivity index is 2.02. The summed E-state index contributed by atoms with van der Waals surface area (Å²) >= 11 is 5.08. The van der Waals surface area contributed by atoms with Gasteiger partial charge in [0, 0.05) is 30.9 Å². The van der Waals surface area contributed by atoms with Crippen molar-refractivity contribution < 1.29 is 4.74 Å². The Morgan fingerprint density at radius 3 is 3.05 bits per heavy atom. The zero-order valence-electron chi connectivity index (χ0n) is 11.5. The number of benzene rings is 1. The third-order valence-corrected chi connectivity index (χ3v) is 3.52. The molecule has 4 nitrogen and oxygen atoms in total. The first kappa shape index (κ1) is 14.2. The molecular formula is C14H21N3OS. The predicted octanol–water partition coefficient (Wildman–Crippen LogP) is 1.37. The van der Waals surface area contributed by atoms with Crippen molar-refractivity contribution in [1.29, 1.82) is 0 Å². The second-order valence-electron chi connectivity index (χ2n) is 5.05. The lowest BCUT2D eigenvalue weighted by Crippen LogP contribution is -2.43. The molecule has 0 amide bonds. The van der Waals surface area contributed by atoms with Crippen LogP contribution in [0.25, 0.3) is 0 Å². The van der Waals surface area contributed by atoms with E-state index >= 15 is 0 Å². The Morgan fingerprint density at radius 2 is 2.37 bits per heavy atom. The highest BCUT2D eigenvalue weighted by Crippen LogP contribution is 2.18. The summed E-state index contributed by atoms with van der Waals surface area (Å²) in [6, 6.07) is 6.06. The zero-order valence-corrected chi connectivity index (χ0v) is 12.3. The number of aryl methyl sites for hydroxylation is 1. The van der Waals surface area contributed by atoms with Crippen molar-refractivity contribution in [2.75, 3.05) is 38.6 Å². The van der Waals surface area contributed by atoms with Crippen LogP contribution >= 0.6 is 12.2 Å². The molecule has 3 N–H and O–H groups in total. The number of anilines is 1. The van der Waals surface area contributed by atoms with E-state index in [2.05, 4.69) is 30.3 Å². The molecule has 1 fully saturated rings. The third kappa shape index (κ3) is 3.89. The first-order chi connectivity index (χ1) is 9.06. The quantitative estimate of drug-likeness (QED) is 0.815. The summed E-state index contributed by atoms with van der Waals surface area (Å²) in [5.41, 5.74) is 8.82. The fraction of sp³-hybridized carbons (Fsp3) is 0.500. The van der Waals surface area contributed by atoms with Crippen LogP contribution in [0.15, 0.2) is 18.2 Å². The second-order valence-corrected chi connectivity index (χ2v) is 5.49. The minimum Gasteiger partial charge on any atom is -0.389 e. The largest absolute Gasteiger partial charge is 0.389 e. The molecule has 1 saturated heterocycles. The van der Waals surface area contributed by atoms with Gasteiger partial charge in [-0.15, -0.1) is 0 Å². The Labute approximate surface area is 119 Å². The molecule has 1 unspecified atom stereocenters. The van der Waals surface area contributed by atoms with E-state index in [0.717, 1.165) is 37.5 Å². The number of nitrogens with zero attached hydrogens (tertiary/aromatic N) is 1. The molecule has 1 aromatic rings. The monoisotopic (exact) mass is 279 g/mol. The van der Waals surface area contributed by atoms with Gasteiger partial charge in [0.2, 0.25) is 0 Å². The fourth-order valence-corrected chi connectivity index (χ4v) is 2.41. The molecule has 1 atom stereocenters. The van der Waals surface area contributed by atoms with Gasteiger partial charge in [0.25, 0.3) is 0 Å². The van der Waals surface area contributed by atoms with Crippen molar-refractivity contribution in [1.82, 2.24) is 4.90 Å². The molecule has 1 aliphatic heterocycles. The normalized spacial score (nSPS) is 20.2. The van der Waals surface area contributed by atoms with Gasteiger partial charge in [-0.2, -0.15) is 0 Å². The standard InChI is InChI=1S/C14H21N3OS/c1-10-3-4-12(14(15)19)13(7-10)16-8-11-9-17(2)5-6-18-11/h3-4,7,11,16H,5-6,8-9H2,1-2H3,(H2,15,19). The number of hydrogen-bond acceptors (Lipinski definition) is 4. The minimum atomic E-state index is 0.207. The van der Waals surface area contributed by atoms with E-state index in [0.29, 0.717) is 4.99 Å². The van der Waals surface area contributed by atoms with Crippen molar-refractivity contribution in [2.45, 2.75) is 13.0 Å². The third-order valence-electron chi connectivity index (χ3n) is 3.30. The van der Waals surface area contributed by atoms with Gasteiger partial charge in [0.1, 0.15) is 4.99 Å². The lowest BCUT2D eigenvalue weighted by Gasteiger charge is -2.30. The van der Waals surface area contributed by atoms with Crippen LogP contribution in [-0.4, -0.2) is 49.3 Å². The van der Waals surface area contributed by atoms with Crippen LogP contribution in [0, 0.1) is 6.92 Å². The van der Waals surface area contributed by atoms with Gasteiger partial charge in [-0.3, -0.25) is 0 Å². The Bertz CT molecular complexity index is 464. The molecule has 19 heavy (non-hydrogen) atoms. The maximum Gasteiger partial charge on any atom is 0.106 e. The number of nitrogens with one attached hydrogen (secondary N) is 1. The molecule has 0 saturated carbocycles. The van der Waals surface area contributed by atoms with Gasteiger partial charge in [-0.05, 0) is 31.7 Å². The smallest absolute Gasteiger partial charge is 0.106 e. The van der Waals surface area contributed by atoms with E-state index in [4.69, 9.17) is 22.7 Å². The van der Waals surface area contributed by atoms with Gasteiger partial charge in [0.05, 0.1) is 12.7 Å². The molecule has 0 aromatic heterocycles. The highest BCUT2D eigenvalue weighted by Gasteiger charge is 2.17. The summed E-state index contributed by atoms with van der Waals surface area (Å²) in [5.74, 6) is 0. The van der Waals surface area contributed by atoms with Gasteiger partial charge in [0.15, 0.2) is 0 Å².